The fourth-order valence-electron chi connectivity index (χ4n) is 2.45. The maximum absolute atomic E-state index is 13.8. The molecule has 0 saturated heterocycles. The van der Waals surface area contributed by atoms with Crippen LogP contribution in [0.15, 0.2) is 47.4 Å². The molecule has 0 heterocycles. The standard InChI is InChI=1S/C19H23FN2O4S/c1-13-4-7-16(8-5-13)27(24,25)21-11-10-19(23)22-14(2)15-6-9-18(26-3)17(20)12-15/h4-9,12,14,21H,10-11H2,1-3H3,(H,22,23)/t14-/m1/s1. The number of sulfonamides is 1. The van der Waals surface area contributed by atoms with Crippen LogP contribution >= 0.6 is 0 Å². The molecule has 2 aromatic carbocycles. The van der Waals surface area contributed by atoms with Crippen molar-refractivity contribution in [1.82, 2.24) is 10.0 Å². The van der Waals surface area contributed by atoms with E-state index in [0.717, 1.165) is 5.56 Å². The molecule has 2 aromatic rings. The minimum absolute atomic E-state index is 0.0337. The number of benzene rings is 2. The van der Waals surface area contributed by atoms with Crippen LogP contribution in [0.3, 0.4) is 0 Å². The summed E-state index contributed by atoms with van der Waals surface area (Å²) in [7, 11) is -2.28. The third kappa shape index (κ3) is 5.77. The van der Waals surface area contributed by atoms with Gasteiger partial charge in [-0.15, -0.1) is 0 Å². The van der Waals surface area contributed by atoms with Crippen LogP contribution in [0.1, 0.15) is 30.5 Å². The maximum Gasteiger partial charge on any atom is 0.240 e. The van der Waals surface area contributed by atoms with Gasteiger partial charge in [0.15, 0.2) is 11.6 Å². The molecule has 1 amide bonds. The van der Waals surface area contributed by atoms with E-state index in [1.54, 1.807) is 25.1 Å². The Balaban J connectivity index is 1.87. The zero-order valence-corrected chi connectivity index (χ0v) is 16.3. The van der Waals surface area contributed by atoms with Gasteiger partial charge in [0.05, 0.1) is 18.0 Å². The molecule has 0 aliphatic carbocycles. The summed E-state index contributed by atoms with van der Waals surface area (Å²) in [5.74, 6) is -0.727. The van der Waals surface area contributed by atoms with Gasteiger partial charge in [0, 0.05) is 13.0 Å². The molecular weight excluding hydrogens is 371 g/mol. The van der Waals surface area contributed by atoms with Crippen molar-refractivity contribution in [3.05, 3.63) is 59.4 Å². The van der Waals surface area contributed by atoms with Crippen LogP contribution in [0, 0.1) is 12.7 Å². The number of carbonyl (C=O) groups excluding carboxylic acids is 1. The van der Waals surface area contributed by atoms with Gasteiger partial charge < -0.3 is 10.1 Å². The highest BCUT2D eigenvalue weighted by Gasteiger charge is 2.15. The van der Waals surface area contributed by atoms with E-state index in [0.29, 0.717) is 5.56 Å². The van der Waals surface area contributed by atoms with Gasteiger partial charge in [0.1, 0.15) is 0 Å². The molecule has 146 valence electrons. The Kier molecular flexibility index (Phi) is 6.92. The third-order valence-electron chi connectivity index (χ3n) is 4.03. The number of ether oxygens (including phenoxy) is 1. The molecule has 8 heteroatoms. The van der Waals surface area contributed by atoms with Gasteiger partial charge >= 0.3 is 0 Å². The summed E-state index contributed by atoms with van der Waals surface area (Å²) in [5, 5.41) is 2.71. The molecule has 27 heavy (non-hydrogen) atoms. The number of rotatable bonds is 8. The highest BCUT2D eigenvalue weighted by Crippen LogP contribution is 2.21. The molecule has 0 aliphatic rings. The Labute approximate surface area is 158 Å². The topological polar surface area (TPSA) is 84.5 Å². The van der Waals surface area contributed by atoms with Gasteiger partial charge in [0.2, 0.25) is 15.9 Å². The van der Waals surface area contributed by atoms with Crippen molar-refractivity contribution in [2.24, 2.45) is 0 Å². The summed E-state index contributed by atoms with van der Waals surface area (Å²) in [4.78, 5) is 12.2. The third-order valence-corrected chi connectivity index (χ3v) is 5.51. The van der Waals surface area contributed by atoms with Crippen molar-refractivity contribution in [1.29, 1.82) is 0 Å². The van der Waals surface area contributed by atoms with E-state index in [1.807, 2.05) is 6.92 Å². The molecule has 1 atom stereocenters. The van der Waals surface area contributed by atoms with E-state index in [9.17, 15) is 17.6 Å². The largest absolute Gasteiger partial charge is 0.494 e. The van der Waals surface area contributed by atoms with Gasteiger partial charge in [-0.25, -0.2) is 17.5 Å². The van der Waals surface area contributed by atoms with Crippen molar-refractivity contribution >= 4 is 15.9 Å². The lowest BCUT2D eigenvalue weighted by molar-refractivity contribution is -0.121. The summed E-state index contributed by atoms with van der Waals surface area (Å²) < 4.78 is 45.4. The number of halogens is 1. The summed E-state index contributed by atoms with van der Waals surface area (Å²) in [5.41, 5.74) is 1.54. The van der Waals surface area contributed by atoms with E-state index in [4.69, 9.17) is 4.74 Å². The molecule has 0 unspecified atom stereocenters. The molecular formula is C19H23FN2O4S. The van der Waals surface area contributed by atoms with Gasteiger partial charge in [-0.3, -0.25) is 4.79 Å². The number of hydrogen-bond donors (Lipinski definition) is 2. The zero-order valence-electron chi connectivity index (χ0n) is 15.5. The van der Waals surface area contributed by atoms with Crippen molar-refractivity contribution in [3.63, 3.8) is 0 Å². The summed E-state index contributed by atoms with van der Waals surface area (Å²) in [6.45, 7) is 3.55. The fraction of sp³-hybridized carbons (Fsp3) is 0.316. The average Bonchev–Trinajstić information content (AvgIpc) is 2.61. The Morgan fingerprint density at radius 2 is 1.85 bits per heavy atom. The van der Waals surface area contributed by atoms with E-state index < -0.39 is 21.9 Å². The molecule has 2 rings (SSSR count). The van der Waals surface area contributed by atoms with Crippen molar-refractivity contribution in [2.75, 3.05) is 13.7 Å². The molecule has 6 nitrogen and oxygen atoms in total. The van der Waals surface area contributed by atoms with Crippen molar-refractivity contribution in [2.45, 2.75) is 31.2 Å². The zero-order chi connectivity index (χ0) is 20.0. The van der Waals surface area contributed by atoms with E-state index in [1.165, 1.54) is 31.4 Å². The Hall–Kier alpha value is -2.45. The SMILES string of the molecule is COc1ccc([C@@H](C)NC(=O)CCNS(=O)(=O)c2ccc(C)cc2)cc1F. The maximum atomic E-state index is 13.8. The minimum atomic E-state index is -3.66. The number of carbonyl (C=O) groups is 1. The first-order valence-corrected chi connectivity index (χ1v) is 9.90. The molecule has 0 aliphatic heterocycles. The highest BCUT2D eigenvalue weighted by molar-refractivity contribution is 7.89. The lowest BCUT2D eigenvalue weighted by atomic mass is 10.1. The lowest BCUT2D eigenvalue weighted by Crippen LogP contribution is -2.32. The van der Waals surface area contributed by atoms with Crippen LogP contribution in [0.2, 0.25) is 0 Å². The Morgan fingerprint density at radius 3 is 2.44 bits per heavy atom. The van der Waals surface area contributed by atoms with Crippen molar-refractivity contribution < 1.29 is 22.3 Å². The predicted molar refractivity (Wildman–Crippen MR) is 100 cm³/mol. The van der Waals surface area contributed by atoms with Crippen LogP contribution < -0.4 is 14.8 Å². The quantitative estimate of drug-likeness (QED) is 0.721. The molecule has 0 bridgehead atoms. The molecule has 0 saturated carbocycles. The summed E-state index contributed by atoms with van der Waals surface area (Å²) in [6, 6.07) is 10.5. The first-order chi connectivity index (χ1) is 12.7. The van der Waals surface area contributed by atoms with E-state index in [-0.39, 0.29) is 29.5 Å². The van der Waals surface area contributed by atoms with Crippen LogP contribution in [-0.4, -0.2) is 28.0 Å². The average molecular weight is 394 g/mol. The first kappa shape index (κ1) is 20.9. The number of amides is 1. The first-order valence-electron chi connectivity index (χ1n) is 8.42. The van der Waals surface area contributed by atoms with Crippen LogP contribution in [0.25, 0.3) is 0 Å². The second kappa shape index (κ2) is 8.96. The van der Waals surface area contributed by atoms with E-state index >= 15 is 0 Å². The molecule has 0 fully saturated rings. The predicted octanol–water partition coefficient (Wildman–Crippen LogP) is 2.69. The van der Waals surface area contributed by atoms with E-state index in [2.05, 4.69) is 10.0 Å². The Bertz CT molecular complexity index is 898. The van der Waals surface area contributed by atoms with Gasteiger partial charge in [-0.2, -0.15) is 0 Å². The number of hydrogen-bond acceptors (Lipinski definition) is 4. The second-order valence-electron chi connectivity index (χ2n) is 6.14. The smallest absolute Gasteiger partial charge is 0.240 e. The summed E-state index contributed by atoms with van der Waals surface area (Å²) >= 11 is 0. The Morgan fingerprint density at radius 1 is 1.19 bits per heavy atom. The van der Waals surface area contributed by atoms with Crippen LogP contribution in [0.4, 0.5) is 4.39 Å². The van der Waals surface area contributed by atoms with Crippen LogP contribution in [-0.2, 0) is 14.8 Å². The number of methoxy groups -OCH3 is 1. The fourth-order valence-corrected chi connectivity index (χ4v) is 3.48. The van der Waals surface area contributed by atoms with Gasteiger partial charge in [-0.1, -0.05) is 23.8 Å². The lowest BCUT2D eigenvalue weighted by Gasteiger charge is -2.15. The molecule has 0 spiro atoms. The monoisotopic (exact) mass is 394 g/mol. The summed E-state index contributed by atoms with van der Waals surface area (Å²) in [6.07, 6.45) is -0.0337. The normalized spacial score (nSPS) is 12.4. The molecule has 2 N–H and O–H groups in total. The second-order valence-corrected chi connectivity index (χ2v) is 7.91. The number of aryl methyl sites for hydroxylation is 1. The highest BCUT2D eigenvalue weighted by atomic mass is 32.2. The number of nitrogens with one attached hydrogen (secondary N) is 2. The van der Waals surface area contributed by atoms with Crippen LogP contribution in [0.5, 0.6) is 5.75 Å². The van der Waals surface area contributed by atoms with Crippen molar-refractivity contribution in [3.8, 4) is 5.75 Å². The molecule has 0 aromatic heterocycles. The van der Waals surface area contributed by atoms with Gasteiger partial charge in [0.25, 0.3) is 0 Å². The molecule has 0 radical (unpaired) electrons. The minimum Gasteiger partial charge on any atom is -0.494 e. The van der Waals surface area contributed by atoms with Gasteiger partial charge in [-0.05, 0) is 43.7 Å².